The zero-order valence-electron chi connectivity index (χ0n) is 18.1. The number of aliphatic hydroxyl groups excluding tert-OH is 1. The van der Waals surface area contributed by atoms with Gasteiger partial charge in [0, 0.05) is 48.8 Å². The number of hydrogen-bond donors (Lipinski definition) is 1. The number of benzene rings is 2. The van der Waals surface area contributed by atoms with Gasteiger partial charge in [0.05, 0.1) is 30.9 Å². The van der Waals surface area contributed by atoms with Crippen LogP contribution in [0.4, 0.5) is 18.9 Å². The van der Waals surface area contributed by atoms with Crippen LogP contribution < -0.4 is 9.64 Å². The SMILES string of the molecule is COc1cccc(C(=O)N2C[C@H]3CN(c4ccc(C#N)c(C(F)(F)F)c4)CC[C@@]3(CO)C2)c1. The van der Waals surface area contributed by atoms with Crippen LogP contribution in [0.5, 0.6) is 5.75 Å². The molecule has 0 bridgehead atoms. The first-order valence-corrected chi connectivity index (χ1v) is 10.6. The Balaban J connectivity index is 1.56. The Kier molecular flexibility index (Phi) is 5.97. The second kappa shape index (κ2) is 8.60. The van der Waals surface area contributed by atoms with E-state index in [0.29, 0.717) is 49.6 Å². The van der Waals surface area contributed by atoms with Crippen molar-refractivity contribution < 1.29 is 27.8 Å². The summed E-state index contributed by atoms with van der Waals surface area (Å²) in [6, 6.07) is 12.2. The number of carbonyl (C=O) groups is 1. The molecule has 2 aliphatic rings. The van der Waals surface area contributed by atoms with Crippen molar-refractivity contribution in [2.24, 2.45) is 11.3 Å². The quantitative estimate of drug-likeness (QED) is 0.757. The molecule has 2 heterocycles. The number of anilines is 1. The molecule has 0 saturated carbocycles. The Morgan fingerprint density at radius 3 is 2.73 bits per heavy atom. The van der Waals surface area contributed by atoms with Crippen molar-refractivity contribution in [2.45, 2.75) is 12.6 Å². The van der Waals surface area contributed by atoms with Crippen LogP contribution in [0.15, 0.2) is 42.5 Å². The van der Waals surface area contributed by atoms with E-state index in [1.807, 2.05) is 4.90 Å². The number of alkyl halides is 3. The standard InChI is InChI=1S/C24H24F3N3O3/c1-33-20-4-2-3-16(9-20)22(32)30-13-18-12-29(8-7-23(18,14-30)15-31)19-6-5-17(11-28)21(10-19)24(25,26)27/h2-6,9-10,18,31H,7-8,12-15H2,1H3/t18-,23+/m1/s1. The molecule has 0 aromatic heterocycles. The van der Waals surface area contributed by atoms with Gasteiger partial charge in [-0.05, 0) is 42.8 Å². The number of rotatable bonds is 4. The highest BCUT2D eigenvalue weighted by atomic mass is 19.4. The molecule has 33 heavy (non-hydrogen) atoms. The van der Waals surface area contributed by atoms with Crippen LogP contribution in [0.3, 0.4) is 0 Å². The van der Waals surface area contributed by atoms with Crippen LogP contribution in [0.25, 0.3) is 0 Å². The zero-order valence-corrected chi connectivity index (χ0v) is 18.1. The van der Waals surface area contributed by atoms with Crippen LogP contribution >= 0.6 is 0 Å². The number of amides is 1. The summed E-state index contributed by atoms with van der Waals surface area (Å²) in [5.74, 6) is 0.304. The molecule has 174 valence electrons. The van der Waals surface area contributed by atoms with Gasteiger partial charge in [-0.2, -0.15) is 18.4 Å². The van der Waals surface area contributed by atoms with E-state index in [4.69, 9.17) is 10.00 Å². The van der Waals surface area contributed by atoms with Gasteiger partial charge in [0.15, 0.2) is 0 Å². The van der Waals surface area contributed by atoms with Crippen molar-refractivity contribution in [3.63, 3.8) is 0 Å². The van der Waals surface area contributed by atoms with Crippen LogP contribution in [-0.2, 0) is 6.18 Å². The maximum Gasteiger partial charge on any atom is 0.417 e. The monoisotopic (exact) mass is 459 g/mol. The number of methoxy groups -OCH3 is 1. The van der Waals surface area contributed by atoms with Gasteiger partial charge in [0.1, 0.15) is 5.75 Å². The molecule has 1 amide bonds. The predicted octanol–water partition coefficient (Wildman–Crippen LogP) is 3.55. The van der Waals surface area contributed by atoms with E-state index in [9.17, 15) is 23.1 Å². The third-order valence-corrected chi connectivity index (χ3v) is 6.85. The summed E-state index contributed by atoms with van der Waals surface area (Å²) in [5, 5.41) is 19.3. The summed E-state index contributed by atoms with van der Waals surface area (Å²) in [7, 11) is 1.52. The first-order valence-electron chi connectivity index (χ1n) is 10.6. The molecule has 9 heteroatoms. The highest BCUT2D eigenvalue weighted by molar-refractivity contribution is 5.95. The summed E-state index contributed by atoms with van der Waals surface area (Å²) in [6.45, 7) is 1.54. The van der Waals surface area contributed by atoms with Gasteiger partial charge in [-0.3, -0.25) is 4.79 Å². The molecule has 0 aliphatic carbocycles. The van der Waals surface area contributed by atoms with Crippen molar-refractivity contribution in [2.75, 3.05) is 44.8 Å². The molecule has 4 rings (SSSR count). The highest BCUT2D eigenvalue weighted by Crippen LogP contribution is 2.44. The maximum absolute atomic E-state index is 13.4. The molecule has 2 aromatic carbocycles. The number of hydrogen-bond acceptors (Lipinski definition) is 5. The maximum atomic E-state index is 13.4. The van der Waals surface area contributed by atoms with Gasteiger partial charge in [-0.25, -0.2) is 0 Å². The number of nitrogens with zero attached hydrogens (tertiary/aromatic N) is 3. The molecule has 0 radical (unpaired) electrons. The van der Waals surface area contributed by atoms with Gasteiger partial charge in [0.2, 0.25) is 0 Å². The average Bonchev–Trinajstić information content (AvgIpc) is 3.22. The second-order valence-corrected chi connectivity index (χ2v) is 8.67. The van der Waals surface area contributed by atoms with Gasteiger partial charge < -0.3 is 19.6 Å². The van der Waals surface area contributed by atoms with Gasteiger partial charge in [0.25, 0.3) is 5.91 Å². The predicted molar refractivity (Wildman–Crippen MR) is 115 cm³/mol. The first-order chi connectivity index (χ1) is 15.7. The van der Waals surface area contributed by atoms with Crippen molar-refractivity contribution in [3.8, 4) is 11.8 Å². The third kappa shape index (κ3) is 4.23. The number of piperidine rings is 1. The molecule has 0 unspecified atom stereocenters. The summed E-state index contributed by atoms with van der Waals surface area (Å²) in [5.41, 5.74) is -0.998. The summed E-state index contributed by atoms with van der Waals surface area (Å²) in [6.07, 6.45) is -4.09. The van der Waals surface area contributed by atoms with Crippen molar-refractivity contribution in [1.29, 1.82) is 5.26 Å². The van der Waals surface area contributed by atoms with Crippen molar-refractivity contribution in [1.82, 2.24) is 4.90 Å². The van der Waals surface area contributed by atoms with Gasteiger partial charge >= 0.3 is 6.18 Å². The molecular formula is C24H24F3N3O3. The minimum atomic E-state index is -4.63. The van der Waals surface area contributed by atoms with E-state index >= 15 is 0 Å². The summed E-state index contributed by atoms with van der Waals surface area (Å²) < 4.78 is 45.4. The topological polar surface area (TPSA) is 76.8 Å². The molecule has 2 aromatic rings. The Labute approximate surface area is 189 Å². The lowest BCUT2D eigenvalue weighted by Gasteiger charge is -2.43. The van der Waals surface area contributed by atoms with E-state index in [0.717, 1.165) is 6.07 Å². The van der Waals surface area contributed by atoms with Gasteiger partial charge in [-0.15, -0.1) is 0 Å². The van der Waals surface area contributed by atoms with E-state index in [2.05, 4.69) is 0 Å². The summed E-state index contributed by atoms with van der Waals surface area (Å²) >= 11 is 0. The number of nitriles is 1. The average molecular weight is 459 g/mol. The fraction of sp³-hybridized carbons (Fsp3) is 0.417. The lowest BCUT2D eigenvalue weighted by atomic mass is 9.73. The van der Waals surface area contributed by atoms with E-state index in [1.165, 1.54) is 19.2 Å². The smallest absolute Gasteiger partial charge is 0.417 e. The Hall–Kier alpha value is -3.25. The Bertz CT molecular complexity index is 1100. The molecule has 2 atom stereocenters. The molecule has 1 N–H and O–H groups in total. The van der Waals surface area contributed by atoms with Crippen LogP contribution in [0, 0.1) is 22.7 Å². The number of ether oxygens (including phenoxy) is 1. The van der Waals surface area contributed by atoms with E-state index in [-0.39, 0.29) is 18.4 Å². The number of aliphatic hydroxyl groups is 1. The van der Waals surface area contributed by atoms with Crippen molar-refractivity contribution in [3.05, 3.63) is 59.2 Å². The van der Waals surface area contributed by atoms with E-state index < -0.39 is 22.7 Å². The number of fused-ring (bicyclic) bond motifs is 1. The molecule has 2 saturated heterocycles. The van der Waals surface area contributed by atoms with E-state index in [1.54, 1.807) is 35.2 Å². The molecule has 6 nitrogen and oxygen atoms in total. The fourth-order valence-corrected chi connectivity index (χ4v) is 4.93. The Morgan fingerprint density at radius 1 is 1.27 bits per heavy atom. The number of halogens is 3. The van der Waals surface area contributed by atoms with Crippen molar-refractivity contribution >= 4 is 11.6 Å². The summed E-state index contributed by atoms with van der Waals surface area (Å²) in [4.78, 5) is 16.7. The third-order valence-electron chi connectivity index (χ3n) is 6.85. The van der Waals surface area contributed by atoms with Crippen LogP contribution in [0.2, 0.25) is 0 Å². The molecule has 2 aliphatic heterocycles. The minimum absolute atomic E-state index is 0.101. The lowest BCUT2D eigenvalue weighted by molar-refractivity contribution is -0.137. The molecule has 0 spiro atoms. The molecule has 2 fully saturated rings. The number of likely N-dealkylation sites (tertiary alicyclic amines) is 1. The van der Waals surface area contributed by atoms with Crippen LogP contribution in [-0.4, -0.2) is 55.8 Å². The van der Waals surface area contributed by atoms with Gasteiger partial charge in [-0.1, -0.05) is 6.07 Å². The molecular weight excluding hydrogens is 435 g/mol. The van der Waals surface area contributed by atoms with Crippen LogP contribution in [0.1, 0.15) is 27.9 Å². The fourth-order valence-electron chi connectivity index (χ4n) is 4.93. The second-order valence-electron chi connectivity index (χ2n) is 8.67. The lowest BCUT2D eigenvalue weighted by Crippen LogP contribution is -2.49. The Morgan fingerprint density at radius 2 is 2.06 bits per heavy atom. The normalized spacial score (nSPS) is 22.6. The number of carbonyl (C=O) groups excluding carboxylic acids is 1. The first kappa shape index (κ1) is 22.9. The zero-order chi connectivity index (χ0) is 23.8. The highest BCUT2D eigenvalue weighted by Gasteiger charge is 2.50. The largest absolute Gasteiger partial charge is 0.497 e. The minimum Gasteiger partial charge on any atom is -0.497 e.